The first-order valence-corrected chi connectivity index (χ1v) is 6.19. The second-order valence-electron chi connectivity index (χ2n) is 5.05. The summed E-state index contributed by atoms with van der Waals surface area (Å²) < 4.78 is 5.23. The van der Waals surface area contributed by atoms with Gasteiger partial charge in [0.15, 0.2) is 0 Å². The summed E-state index contributed by atoms with van der Waals surface area (Å²) in [6.07, 6.45) is 1.53. The number of hydrogen-bond acceptors (Lipinski definition) is 3. The Hall–Kier alpha value is -1.10. The van der Waals surface area contributed by atoms with Crippen LogP contribution in [0.5, 0.6) is 0 Å². The minimum absolute atomic E-state index is 0.0310. The molecule has 2 atom stereocenters. The summed E-state index contributed by atoms with van der Waals surface area (Å²) in [5.74, 6) is -0.998. The van der Waals surface area contributed by atoms with Crippen LogP contribution in [0.3, 0.4) is 0 Å². The molecule has 96 valence electrons. The molecule has 2 aliphatic rings. The molecule has 17 heavy (non-hydrogen) atoms. The lowest BCUT2D eigenvalue weighted by Crippen LogP contribution is -2.37. The van der Waals surface area contributed by atoms with Crippen LogP contribution >= 0.6 is 0 Å². The summed E-state index contributed by atoms with van der Waals surface area (Å²) in [7, 11) is 0. The van der Waals surface area contributed by atoms with E-state index in [-0.39, 0.29) is 17.7 Å². The molecule has 0 aliphatic carbocycles. The molecule has 0 radical (unpaired) electrons. The predicted molar refractivity (Wildman–Crippen MR) is 60.4 cm³/mol. The SMILES string of the molecule is C[C@@H]1CN(C(=O)C2CCOCC2)C[C@H]1C(=O)O. The fourth-order valence-electron chi connectivity index (χ4n) is 2.67. The van der Waals surface area contributed by atoms with E-state index in [9.17, 15) is 9.59 Å². The number of carboxylic acid groups (broad SMARTS) is 1. The average Bonchev–Trinajstić information content (AvgIpc) is 2.71. The molecule has 0 spiro atoms. The van der Waals surface area contributed by atoms with Crippen molar-refractivity contribution in [2.24, 2.45) is 17.8 Å². The molecule has 2 saturated heterocycles. The molecule has 0 aromatic heterocycles. The number of carboxylic acids is 1. The highest BCUT2D eigenvalue weighted by Gasteiger charge is 2.38. The highest BCUT2D eigenvalue weighted by Crippen LogP contribution is 2.26. The minimum Gasteiger partial charge on any atom is -0.481 e. The summed E-state index contributed by atoms with van der Waals surface area (Å²) in [4.78, 5) is 24.9. The Bertz CT molecular complexity index is 312. The van der Waals surface area contributed by atoms with Crippen molar-refractivity contribution in [3.8, 4) is 0 Å². The van der Waals surface area contributed by atoms with Crippen LogP contribution in [0, 0.1) is 17.8 Å². The van der Waals surface area contributed by atoms with Crippen molar-refractivity contribution in [2.45, 2.75) is 19.8 Å². The van der Waals surface area contributed by atoms with Gasteiger partial charge in [-0.15, -0.1) is 0 Å². The summed E-state index contributed by atoms with van der Waals surface area (Å²) in [5, 5.41) is 9.04. The van der Waals surface area contributed by atoms with Gasteiger partial charge in [-0.25, -0.2) is 0 Å². The van der Waals surface area contributed by atoms with Crippen LogP contribution in [0.4, 0.5) is 0 Å². The van der Waals surface area contributed by atoms with Crippen molar-refractivity contribution in [3.05, 3.63) is 0 Å². The number of nitrogens with zero attached hydrogens (tertiary/aromatic N) is 1. The highest BCUT2D eigenvalue weighted by atomic mass is 16.5. The van der Waals surface area contributed by atoms with Crippen LogP contribution in [0.25, 0.3) is 0 Å². The molecule has 2 heterocycles. The minimum atomic E-state index is -0.792. The van der Waals surface area contributed by atoms with Gasteiger partial charge in [0.2, 0.25) is 5.91 Å². The first-order valence-electron chi connectivity index (χ1n) is 6.19. The van der Waals surface area contributed by atoms with E-state index >= 15 is 0 Å². The van der Waals surface area contributed by atoms with E-state index in [0.29, 0.717) is 26.3 Å². The molecule has 5 heteroatoms. The van der Waals surface area contributed by atoms with E-state index < -0.39 is 11.9 Å². The zero-order valence-corrected chi connectivity index (χ0v) is 10.1. The maximum absolute atomic E-state index is 12.2. The van der Waals surface area contributed by atoms with Gasteiger partial charge < -0.3 is 14.7 Å². The van der Waals surface area contributed by atoms with Gasteiger partial charge in [-0.05, 0) is 18.8 Å². The molecule has 0 unspecified atom stereocenters. The number of ether oxygens (including phenoxy) is 1. The Kier molecular flexibility index (Phi) is 3.66. The van der Waals surface area contributed by atoms with Crippen molar-refractivity contribution in [1.82, 2.24) is 4.90 Å². The summed E-state index contributed by atoms with van der Waals surface area (Å²) >= 11 is 0. The van der Waals surface area contributed by atoms with Crippen molar-refractivity contribution in [3.63, 3.8) is 0 Å². The third-order valence-corrected chi connectivity index (χ3v) is 3.81. The third-order valence-electron chi connectivity index (χ3n) is 3.81. The van der Waals surface area contributed by atoms with Gasteiger partial charge in [0, 0.05) is 32.2 Å². The topological polar surface area (TPSA) is 66.8 Å². The number of aliphatic carboxylic acids is 1. The third kappa shape index (κ3) is 2.60. The zero-order chi connectivity index (χ0) is 12.4. The number of rotatable bonds is 2. The van der Waals surface area contributed by atoms with Gasteiger partial charge in [-0.3, -0.25) is 9.59 Å². The van der Waals surface area contributed by atoms with Crippen LogP contribution < -0.4 is 0 Å². The molecule has 1 N–H and O–H groups in total. The van der Waals surface area contributed by atoms with Crippen LogP contribution in [0.2, 0.25) is 0 Å². The first-order chi connectivity index (χ1) is 8.09. The Morgan fingerprint density at radius 2 is 1.88 bits per heavy atom. The molecular formula is C12H19NO4. The van der Waals surface area contributed by atoms with Crippen LogP contribution in [0.1, 0.15) is 19.8 Å². The molecule has 2 rings (SSSR count). The second-order valence-corrected chi connectivity index (χ2v) is 5.05. The van der Waals surface area contributed by atoms with E-state index in [0.717, 1.165) is 12.8 Å². The van der Waals surface area contributed by atoms with E-state index in [2.05, 4.69) is 0 Å². The van der Waals surface area contributed by atoms with Crippen molar-refractivity contribution < 1.29 is 19.4 Å². The van der Waals surface area contributed by atoms with Crippen molar-refractivity contribution >= 4 is 11.9 Å². The molecule has 0 bridgehead atoms. The molecule has 2 fully saturated rings. The quantitative estimate of drug-likeness (QED) is 0.768. The smallest absolute Gasteiger partial charge is 0.308 e. The molecule has 2 aliphatic heterocycles. The lowest BCUT2D eigenvalue weighted by Gasteiger charge is -2.26. The standard InChI is InChI=1S/C12H19NO4/c1-8-6-13(7-10(8)12(15)16)11(14)9-2-4-17-5-3-9/h8-10H,2-7H2,1H3,(H,15,16)/t8-,10-/m1/s1. The number of likely N-dealkylation sites (tertiary alicyclic amines) is 1. The predicted octanol–water partition coefficient (Wildman–Crippen LogP) is 0.592. The number of amides is 1. The number of hydrogen-bond donors (Lipinski definition) is 1. The molecular weight excluding hydrogens is 222 g/mol. The van der Waals surface area contributed by atoms with Gasteiger partial charge >= 0.3 is 5.97 Å². The Labute approximate surface area is 101 Å². The lowest BCUT2D eigenvalue weighted by molar-refractivity contribution is -0.142. The normalized spacial score (nSPS) is 30.5. The van der Waals surface area contributed by atoms with E-state index in [1.165, 1.54) is 0 Å². The Morgan fingerprint density at radius 1 is 1.24 bits per heavy atom. The van der Waals surface area contributed by atoms with Gasteiger partial charge in [0.05, 0.1) is 5.92 Å². The number of carbonyl (C=O) groups excluding carboxylic acids is 1. The maximum atomic E-state index is 12.2. The summed E-state index contributed by atoms with van der Waals surface area (Å²) in [6, 6.07) is 0. The first kappa shape index (κ1) is 12.4. The maximum Gasteiger partial charge on any atom is 0.308 e. The second kappa shape index (κ2) is 5.04. The van der Waals surface area contributed by atoms with Crippen molar-refractivity contribution in [1.29, 1.82) is 0 Å². The highest BCUT2D eigenvalue weighted by molar-refractivity contribution is 5.81. The Morgan fingerprint density at radius 3 is 2.41 bits per heavy atom. The molecule has 0 aromatic rings. The van der Waals surface area contributed by atoms with Crippen LogP contribution in [-0.2, 0) is 14.3 Å². The molecule has 0 aromatic carbocycles. The molecule has 5 nitrogen and oxygen atoms in total. The average molecular weight is 241 g/mol. The lowest BCUT2D eigenvalue weighted by atomic mass is 9.99. The van der Waals surface area contributed by atoms with Gasteiger partial charge in [0.25, 0.3) is 0 Å². The van der Waals surface area contributed by atoms with E-state index in [4.69, 9.17) is 9.84 Å². The molecule has 1 amide bonds. The van der Waals surface area contributed by atoms with Crippen molar-refractivity contribution in [2.75, 3.05) is 26.3 Å². The van der Waals surface area contributed by atoms with Gasteiger partial charge in [0.1, 0.15) is 0 Å². The van der Waals surface area contributed by atoms with Gasteiger partial charge in [-0.1, -0.05) is 6.92 Å². The van der Waals surface area contributed by atoms with Crippen LogP contribution in [0.15, 0.2) is 0 Å². The van der Waals surface area contributed by atoms with E-state index in [1.54, 1.807) is 4.90 Å². The summed E-state index contributed by atoms with van der Waals surface area (Å²) in [6.45, 7) is 4.13. The summed E-state index contributed by atoms with van der Waals surface area (Å²) in [5.41, 5.74) is 0. The van der Waals surface area contributed by atoms with Gasteiger partial charge in [-0.2, -0.15) is 0 Å². The van der Waals surface area contributed by atoms with E-state index in [1.807, 2.05) is 6.92 Å². The Balaban J connectivity index is 1.94. The largest absolute Gasteiger partial charge is 0.481 e. The monoisotopic (exact) mass is 241 g/mol. The van der Waals surface area contributed by atoms with Crippen LogP contribution in [-0.4, -0.2) is 48.2 Å². The molecule has 0 saturated carbocycles. The number of carbonyl (C=O) groups is 2. The fraction of sp³-hybridized carbons (Fsp3) is 0.833. The fourth-order valence-corrected chi connectivity index (χ4v) is 2.67. The zero-order valence-electron chi connectivity index (χ0n) is 10.1.